The second-order valence-electron chi connectivity index (χ2n) is 6.83. The molecule has 0 radical (unpaired) electrons. The van der Waals surface area contributed by atoms with Crippen LogP contribution >= 0.6 is 39.3 Å². The number of anilines is 1. The molecule has 0 aromatic heterocycles. The van der Waals surface area contributed by atoms with E-state index in [1.165, 1.54) is 23.9 Å². The number of nitrogens with zero attached hydrogens (tertiary/aromatic N) is 4. The van der Waals surface area contributed by atoms with Crippen LogP contribution in [0, 0.1) is 10.1 Å². The molecule has 1 heterocycles. The Morgan fingerprint density at radius 1 is 1.22 bits per heavy atom. The van der Waals surface area contributed by atoms with Gasteiger partial charge in [-0.15, -0.1) is 0 Å². The molecule has 2 aromatic rings. The van der Waals surface area contributed by atoms with E-state index in [1.807, 2.05) is 26.8 Å². The third-order valence-electron chi connectivity index (χ3n) is 4.94. The predicted octanol–water partition coefficient (Wildman–Crippen LogP) is 6.48. The monoisotopic (exact) mass is 536 g/mol. The fourth-order valence-electron chi connectivity index (χ4n) is 3.30. The summed E-state index contributed by atoms with van der Waals surface area (Å²) in [5.41, 5.74) is 2.08. The molecule has 1 amide bonds. The number of amides is 1. The van der Waals surface area contributed by atoms with Crippen molar-refractivity contribution < 1.29 is 9.72 Å². The summed E-state index contributed by atoms with van der Waals surface area (Å²) in [4.78, 5) is 32.7. The maximum Gasteiger partial charge on any atom is 0.270 e. The van der Waals surface area contributed by atoms with Crippen molar-refractivity contribution >= 4 is 73.5 Å². The topological polar surface area (TPSA) is 79.0 Å². The Balaban J connectivity index is 2.05. The fourth-order valence-corrected chi connectivity index (χ4v) is 4.77. The Morgan fingerprint density at radius 2 is 1.94 bits per heavy atom. The van der Waals surface area contributed by atoms with E-state index in [2.05, 4.69) is 25.8 Å². The van der Waals surface area contributed by atoms with Gasteiger partial charge in [0.05, 0.1) is 20.5 Å². The number of nitro groups is 1. The number of halogens is 2. The number of aliphatic imine (C=N–C) groups is 1. The first-order valence-electron chi connectivity index (χ1n) is 10.1. The number of hydrogen-bond donors (Lipinski definition) is 0. The summed E-state index contributed by atoms with van der Waals surface area (Å²) in [6.07, 6.45) is 1.72. The molecular weight excluding hydrogens is 516 g/mol. The van der Waals surface area contributed by atoms with E-state index < -0.39 is 4.92 Å². The van der Waals surface area contributed by atoms with E-state index in [9.17, 15) is 14.9 Å². The van der Waals surface area contributed by atoms with E-state index in [0.29, 0.717) is 32.9 Å². The number of carbonyl (C=O) groups excluding carboxylic acids is 1. The number of thioether (sulfide) groups is 1. The van der Waals surface area contributed by atoms with E-state index in [-0.39, 0.29) is 11.6 Å². The largest absolute Gasteiger partial charge is 0.372 e. The molecule has 0 saturated carbocycles. The molecule has 0 aliphatic carbocycles. The average molecular weight is 538 g/mol. The van der Waals surface area contributed by atoms with Crippen LogP contribution in [0.2, 0.25) is 5.02 Å². The molecule has 32 heavy (non-hydrogen) atoms. The molecule has 1 aliphatic rings. The van der Waals surface area contributed by atoms with E-state index in [1.54, 1.807) is 29.2 Å². The number of amidine groups is 1. The van der Waals surface area contributed by atoms with Crippen molar-refractivity contribution in [3.05, 3.63) is 66.5 Å². The van der Waals surface area contributed by atoms with Gasteiger partial charge in [-0.25, -0.2) is 4.99 Å². The molecule has 10 heteroatoms. The van der Waals surface area contributed by atoms with Crippen molar-refractivity contribution in [1.29, 1.82) is 0 Å². The van der Waals surface area contributed by atoms with E-state index in [4.69, 9.17) is 11.6 Å². The fraction of sp³-hybridized carbons (Fsp3) is 0.273. The molecule has 0 unspecified atom stereocenters. The molecule has 0 N–H and O–H groups in total. The van der Waals surface area contributed by atoms with Crippen molar-refractivity contribution in [3.63, 3.8) is 0 Å². The van der Waals surface area contributed by atoms with Gasteiger partial charge < -0.3 is 4.90 Å². The van der Waals surface area contributed by atoms with Gasteiger partial charge in [-0.2, -0.15) is 0 Å². The SMILES string of the molecule is CCN1C(=O)/C(=C\c2cc([N+](=O)[O-])ccc2N(CC)CC)SC1=Nc1ccc(Br)c(Cl)c1. The molecule has 1 fully saturated rings. The zero-order chi connectivity index (χ0) is 23.4. The highest BCUT2D eigenvalue weighted by molar-refractivity contribution is 9.10. The van der Waals surface area contributed by atoms with Gasteiger partial charge in [0.1, 0.15) is 0 Å². The van der Waals surface area contributed by atoms with Gasteiger partial charge in [-0.05, 0) is 78.8 Å². The van der Waals surface area contributed by atoms with Crippen LogP contribution in [0.25, 0.3) is 6.08 Å². The highest BCUT2D eigenvalue weighted by Crippen LogP contribution is 2.37. The average Bonchev–Trinajstić information content (AvgIpc) is 3.06. The lowest BCUT2D eigenvalue weighted by molar-refractivity contribution is -0.384. The highest BCUT2D eigenvalue weighted by atomic mass is 79.9. The van der Waals surface area contributed by atoms with Crippen LogP contribution < -0.4 is 4.90 Å². The lowest BCUT2D eigenvalue weighted by atomic mass is 10.1. The second-order valence-corrected chi connectivity index (χ2v) is 9.10. The Bertz CT molecular complexity index is 1120. The number of hydrogen-bond acceptors (Lipinski definition) is 6. The molecule has 0 bridgehead atoms. The van der Waals surface area contributed by atoms with Crippen molar-refractivity contribution in [3.8, 4) is 0 Å². The minimum absolute atomic E-state index is 0.0195. The molecule has 2 aromatic carbocycles. The normalized spacial score (nSPS) is 16.3. The van der Waals surface area contributed by atoms with Gasteiger partial charge in [0.2, 0.25) is 0 Å². The summed E-state index contributed by atoms with van der Waals surface area (Å²) < 4.78 is 0.765. The molecule has 1 aliphatic heterocycles. The van der Waals surface area contributed by atoms with Gasteiger partial charge in [-0.1, -0.05) is 11.6 Å². The van der Waals surface area contributed by atoms with Crippen LogP contribution in [-0.4, -0.2) is 40.5 Å². The lowest BCUT2D eigenvalue weighted by Crippen LogP contribution is -2.28. The predicted molar refractivity (Wildman–Crippen MR) is 136 cm³/mol. The maximum atomic E-state index is 13.1. The molecular formula is C22H22BrClN4O3S. The van der Waals surface area contributed by atoms with Gasteiger partial charge in [0.25, 0.3) is 11.6 Å². The summed E-state index contributed by atoms with van der Waals surface area (Å²) in [7, 11) is 0. The third kappa shape index (κ3) is 5.16. The van der Waals surface area contributed by atoms with Crippen LogP contribution in [0.4, 0.5) is 17.1 Å². The summed E-state index contributed by atoms with van der Waals surface area (Å²) in [5, 5.41) is 12.4. The van der Waals surface area contributed by atoms with Crippen molar-refractivity contribution in [1.82, 2.24) is 4.90 Å². The Hall–Kier alpha value is -2.36. The van der Waals surface area contributed by atoms with Gasteiger partial charge in [0, 0.05) is 47.5 Å². The van der Waals surface area contributed by atoms with Gasteiger partial charge in [-0.3, -0.25) is 19.8 Å². The minimum Gasteiger partial charge on any atom is -0.372 e. The minimum atomic E-state index is -0.430. The maximum absolute atomic E-state index is 13.1. The number of nitro benzene ring substituents is 1. The number of non-ortho nitro benzene ring substituents is 1. The summed E-state index contributed by atoms with van der Waals surface area (Å²) in [5.74, 6) is -0.184. The number of carbonyl (C=O) groups is 1. The molecule has 1 saturated heterocycles. The third-order valence-corrected chi connectivity index (χ3v) is 7.18. The van der Waals surface area contributed by atoms with Gasteiger partial charge >= 0.3 is 0 Å². The van der Waals surface area contributed by atoms with Crippen LogP contribution in [0.5, 0.6) is 0 Å². The first-order chi connectivity index (χ1) is 15.3. The van der Waals surface area contributed by atoms with Crippen LogP contribution in [0.15, 0.2) is 50.8 Å². The van der Waals surface area contributed by atoms with Gasteiger partial charge in [0.15, 0.2) is 5.17 Å². The zero-order valence-electron chi connectivity index (χ0n) is 17.8. The van der Waals surface area contributed by atoms with Crippen molar-refractivity contribution in [2.45, 2.75) is 20.8 Å². The molecule has 168 valence electrons. The summed E-state index contributed by atoms with van der Waals surface area (Å²) in [6.45, 7) is 7.84. The Morgan fingerprint density at radius 3 is 2.53 bits per heavy atom. The summed E-state index contributed by atoms with van der Waals surface area (Å²) in [6, 6.07) is 10.1. The molecule has 0 atom stereocenters. The Kier molecular flexibility index (Phi) is 7.97. The zero-order valence-corrected chi connectivity index (χ0v) is 21.0. The Labute approximate surface area is 204 Å². The first kappa shape index (κ1) is 24.3. The number of likely N-dealkylation sites (N-methyl/N-ethyl adjacent to an activating group) is 1. The van der Waals surface area contributed by atoms with Crippen LogP contribution in [0.1, 0.15) is 26.3 Å². The second kappa shape index (κ2) is 10.5. The first-order valence-corrected chi connectivity index (χ1v) is 12.1. The summed E-state index contributed by atoms with van der Waals surface area (Å²) >= 11 is 10.8. The van der Waals surface area contributed by atoms with Crippen molar-refractivity contribution in [2.75, 3.05) is 24.5 Å². The van der Waals surface area contributed by atoms with E-state index in [0.717, 1.165) is 23.2 Å². The van der Waals surface area contributed by atoms with Crippen LogP contribution in [-0.2, 0) is 4.79 Å². The quantitative estimate of drug-likeness (QED) is 0.229. The highest BCUT2D eigenvalue weighted by Gasteiger charge is 2.32. The van der Waals surface area contributed by atoms with Crippen LogP contribution in [0.3, 0.4) is 0 Å². The number of rotatable bonds is 7. The molecule has 3 rings (SSSR count). The standard InChI is InChI=1S/C22H22BrClN4O3S/c1-4-26(5-2)19-10-8-16(28(30)31)11-14(19)12-20-21(29)27(6-3)22(32-20)25-15-7-9-17(23)18(24)13-15/h7-13H,4-6H2,1-3H3/b20-12+,25-22?. The van der Waals surface area contributed by atoms with E-state index >= 15 is 0 Å². The smallest absolute Gasteiger partial charge is 0.270 e. The van der Waals surface area contributed by atoms with Crippen molar-refractivity contribution in [2.24, 2.45) is 4.99 Å². The molecule has 0 spiro atoms. The molecule has 7 nitrogen and oxygen atoms in total. The lowest BCUT2D eigenvalue weighted by Gasteiger charge is -2.23. The number of benzene rings is 2.